The van der Waals surface area contributed by atoms with E-state index in [0.717, 1.165) is 4.88 Å². The molecule has 18 heavy (non-hydrogen) atoms. The number of rotatable bonds is 3. The summed E-state index contributed by atoms with van der Waals surface area (Å²) in [5, 5.41) is 0. The van der Waals surface area contributed by atoms with Crippen LogP contribution in [0.2, 0.25) is 0 Å². The van der Waals surface area contributed by atoms with E-state index in [0.29, 0.717) is 17.9 Å². The minimum Gasteiger partial charge on any atom is -0.485 e. The SMILES string of the molecule is O=C(Cc1cncs1)C1COc2ccccc2O1. The number of fused-ring (bicyclic) bond motifs is 1. The lowest BCUT2D eigenvalue weighted by Crippen LogP contribution is -2.37. The third-order valence-corrected chi connectivity index (χ3v) is 3.48. The van der Waals surface area contributed by atoms with Crippen LogP contribution in [0.15, 0.2) is 36.0 Å². The highest BCUT2D eigenvalue weighted by Crippen LogP contribution is 2.31. The van der Waals surface area contributed by atoms with Crippen molar-refractivity contribution in [2.24, 2.45) is 0 Å². The number of ketones is 1. The summed E-state index contributed by atoms with van der Waals surface area (Å²) in [7, 11) is 0. The van der Waals surface area contributed by atoms with Crippen molar-refractivity contribution in [1.82, 2.24) is 4.98 Å². The second kappa shape index (κ2) is 4.78. The Bertz CT molecular complexity index is 553. The normalized spacial score (nSPS) is 17.4. The van der Waals surface area contributed by atoms with Crippen LogP contribution in [0.5, 0.6) is 11.5 Å². The molecule has 3 rings (SSSR count). The second-order valence-electron chi connectivity index (χ2n) is 3.98. The van der Waals surface area contributed by atoms with Crippen LogP contribution < -0.4 is 9.47 Å². The molecule has 0 fully saturated rings. The first-order chi connectivity index (χ1) is 8.83. The lowest BCUT2D eigenvalue weighted by Gasteiger charge is -2.25. The number of thiazole rings is 1. The van der Waals surface area contributed by atoms with Gasteiger partial charge in [0.05, 0.1) is 5.51 Å². The maximum Gasteiger partial charge on any atom is 0.191 e. The van der Waals surface area contributed by atoms with Gasteiger partial charge in [-0.25, -0.2) is 0 Å². The van der Waals surface area contributed by atoms with Gasteiger partial charge in [-0.3, -0.25) is 9.78 Å². The van der Waals surface area contributed by atoms with Crippen LogP contribution >= 0.6 is 11.3 Å². The summed E-state index contributed by atoms with van der Waals surface area (Å²) in [4.78, 5) is 16.9. The summed E-state index contributed by atoms with van der Waals surface area (Å²) in [6.45, 7) is 0.272. The first-order valence-corrected chi connectivity index (χ1v) is 6.49. The van der Waals surface area contributed by atoms with Crippen molar-refractivity contribution in [3.63, 3.8) is 0 Å². The van der Waals surface area contributed by atoms with E-state index in [1.165, 1.54) is 11.3 Å². The summed E-state index contributed by atoms with van der Waals surface area (Å²) >= 11 is 1.47. The van der Waals surface area contributed by atoms with Gasteiger partial charge in [-0.1, -0.05) is 12.1 Å². The van der Waals surface area contributed by atoms with Crippen LogP contribution in [-0.4, -0.2) is 23.5 Å². The first kappa shape index (κ1) is 11.2. The molecule has 1 aromatic heterocycles. The van der Waals surface area contributed by atoms with Crippen LogP contribution in [-0.2, 0) is 11.2 Å². The Balaban J connectivity index is 1.70. The van der Waals surface area contributed by atoms with E-state index in [4.69, 9.17) is 9.47 Å². The zero-order valence-electron chi connectivity index (χ0n) is 9.54. The lowest BCUT2D eigenvalue weighted by atomic mass is 10.1. The van der Waals surface area contributed by atoms with E-state index in [1.54, 1.807) is 11.7 Å². The van der Waals surface area contributed by atoms with Crippen molar-refractivity contribution in [1.29, 1.82) is 0 Å². The molecule has 2 heterocycles. The molecule has 2 aromatic rings. The summed E-state index contributed by atoms with van der Waals surface area (Å²) in [6, 6.07) is 7.38. The number of ether oxygens (including phenoxy) is 2. The molecular formula is C13H11NO3S. The molecule has 1 aliphatic heterocycles. The molecule has 4 nitrogen and oxygen atoms in total. The van der Waals surface area contributed by atoms with E-state index in [9.17, 15) is 4.79 Å². The summed E-state index contributed by atoms with van der Waals surface area (Å²) in [5.74, 6) is 1.35. The molecule has 0 bridgehead atoms. The molecular weight excluding hydrogens is 250 g/mol. The summed E-state index contributed by atoms with van der Waals surface area (Å²) < 4.78 is 11.2. The Morgan fingerprint density at radius 3 is 3.00 bits per heavy atom. The molecule has 1 unspecified atom stereocenters. The molecule has 0 radical (unpaired) electrons. The highest BCUT2D eigenvalue weighted by Gasteiger charge is 2.27. The van der Waals surface area contributed by atoms with Crippen LogP contribution in [0.1, 0.15) is 4.88 Å². The van der Waals surface area contributed by atoms with E-state index in [-0.39, 0.29) is 12.4 Å². The third kappa shape index (κ3) is 2.22. The van der Waals surface area contributed by atoms with Crippen molar-refractivity contribution in [2.75, 3.05) is 6.61 Å². The average Bonchev–Trinajstić information content (AvgIpc) is 2.91. The van der Waals surface area contributed by atoms with Gasteiger partial charge < -0.3 is 9.47 Å². The molecule has 0 spiro atoms. The van der Waals surface area contributed by atoms with Crippen molar-refractivity contribution in [2.45, 2.75) is 12.5 Å². The number of hydrogen-bond donors (Lipinski definition) is 0. The topological polar surface area (TPSA) is 48.4 Å². The fourth-order valence-corrected chi connectivity index (χ4v) is 2.40. The summed E-state index contributed by atoms with van der Waals surface area (Å²) in [6.07, 6.45) is 1.53. The molecule has 1 atom stereocenters. The summed E-state index contributed by atoms with van der Waals surface area (Å²) in [5.41, 5.74) is 1.72. The molecule has 92 valence electrons. The van der Waals surface area contributed by atoms with Gasteiger partial charge in [-0.05, 0) is 12.1 Å². The van der Waals surface area contributed by atoms with Gasteiger partial charge in [0.1, 0.15) is 6.61 Å². The van der Waals surface area contributed by atoms with Gasteiger partial charge >= 0.3 is 0 Å². The van der Waals surface area contributed by atoms with E-state index < -0.39 is 6.10 Å². The van der Waals surface area contributed by atoms with Crippen LogP contribution in [0.3, 0.4) is 0 Å². The molecule has 0 saturated heterocycles. The van der Waals surface area contributed by atoms with E-state index in [2.05, 4.69) is 4.98 Å². The van der Waals surface area contributed by atoms with E-state index in [1.807, 2.05) is 24.3 Å². The molecule has 0 saturated carbocycles. The third-order valence-electron chi connectivity index (χ3n) is 2.70. The average molecular weight is 261 g/mol. The van der Waals surface area contributed by atoms with Crippen LogP contribution in [0, 0.1) is 0 Å². The van der Waals surface area contributed by atoms with Gasteiger partial charge in [0.2, 0.25) is 0 Å². The zero-order valence-corrected chi connectivity index (χ0v) is 10.4. The fourth-order valence-electron chi connectivity index (χ4n) is 1.79. The molecule has 0 aliphatic carbocycles. The maximum absolute atomic E-state index is 12.0. The molecule has 0 N–H and O–H groups in total. The van der Waals surface area contributed by atoms with Gasteiger partial charge in [0.15, 0.2) is 23.4 Å². The molecule has 0 amide bonds. The molecule has 1 aromatic carbocycles. The Kier molecular flexibility index (Phi) is 2.98. The van der Waals surface area contributed by atoms with Crippen molar-refractivity contribution in [3.05, 3.63) is 40.8 Å². The van der Waals surface area contributed by atoms with Gasteiger partial charge in [-0.15, -0.1) is 11.3 Å². The Morgan fingerprint density at radius 1 is 1.39 bits per heavy atom. The number of Topliss-reactive ketones (excluding diaryl/α,β-unsaturated/α-hetero) is 1. The van der Waals surface area contributed by atoms with Gasteiger partial charge in [0.25, 0.3) is 0 Å². The second-order valence-corrected chi connectivity index (χ2v) is 4.95. The first-order valence-electron chi connectivity index (χ1n) is 5.61. The van der Waals surface area contributed by atoms with Gasteiger partial charge in [0, 0.05) is 17.5 Å². The monoisotopic (exact) mass is 261 g/mol. The van der Waals surface area contributed by atoms with Gasteiger partial charge in [-0.2, -0.15) is 0 Å². The predicted octanol–water partition coefficient (Wildman–Crippen LogP) is 2.09. The number of benzene rings is 1. The highest BCUT2D eigenvalue weighted by molar-refractivity contribution is 7.09. The largest absolute Gasteiger partial charge is 0.485 e. The number of carbonyl (C=O) groups is 1. The Labute approximate surface area is 108 Å². The number of hydrogen-bond acceptors (Lipinski definition) is 5. The number of carbonyl (C=O) groups excluding carboxylic acids is 1. The predicted molar refractivity (Wildman–Crippen MR) is 67.2 cm³/mol. The van der Waals surface area contributed by atoms with Crippen molar-refractivity contribution < 1.29 is 14.3 Å². The van der Waals surface area contributed by atoms with Crippen molar-refractivity contribution >= 4 is 17.1 Å². The number of aromatic nitrogens is 1. The molecule has 5 heteroatoms. The minimum atomic E-state index is -0.526. The van der Waals surface area contributed by atoms with Crippen molar-refractivity contribution in [3.8, 4) is 11.5 Å². The minimum absolute atomic E-state index is 0.0220. The maximum atomic E-state index is 12.0. The molecule has 1 aliphatic rings. The zero-order chi connectivity index (χ0) is 12.4. The Hall–Kier alpha value is -1.88. The van der Waals surface area contributed by atoms with Crippen LogP contribution in [0.25, 0.3) is 0 Å². The lowest BCUT2D eigenvalue weighted by molar-refractivity contribution is -0.127. The quantitative estimate of drug-likeness (QED) is 0.849. The Morgan fingerprint density at radius 2 is 2.22 bits per heavy atom. The van der Waals surface area contributed by atoms with E-state index >= 15 is 0 Å². The number of para-hydroxylation sites is 2. The van der Waals surface area contributed by atoms with Crippen LogP contribution in [0.4, 0.5) is 0 Å². The fraction of sp³-hybridized carbons (Fsp3) is 0.231. The number of nitrogens with zero attached hydrogens (tertiary/aromatic N) is 1. The highest BCUT2D eigenvalue weighted by atomic mass is 32.1. The smallest absolute Gasteiger partial charge is 0.191 e. The standard InChI is InChI=1S/C13H11NO3S/c15-10(5-9-6-14-8-18-9)13-7-16-11-3-1-2-4-12(11)17-13/h1-4,6,8,13H,5,7H2.